The fraction of sp³-hybridized carbons (Fsp3) is 0.926. The molecule has 0 aromatic rings. The number of rotatable bonds is 7. The lowest BCUT2D eigenvalue weighted by molar-refractivity contribution is -0.194. The highest BCUT2D eigenvalue weighted by molar-refractivity contribution is 5.84. The maximum absolute atomic E-state index is 13.2. The number of aliphatic hydroxyl groups is 2. The number of carbonyl (C=O) groups excluding carboxylic acids is 1. The Kier molecular flexibility index (Phi) is 8.23. The van der Waals surface area contributed by atoms with Gasteiger partial charge in [-0.1, -0.05) is 20.8 Å². The van der Waals surface area contributed by atoms with Crippen LogP contribution < -0.4 is 11.5 Å². The molecule has 0 aromatic carbocycles. The van der Waals surface area contributed by atoms with E-state index in [0.717, 1.165) is 38.5 Å². The lowest BCUT2D eigenvalue weighted by Crippen LogP contribution is -2.62. The number of ketones is 1. The summed E-state index contributed by atoms with van der Waals surface area (Å²) in [5.41, 5.74) is -0.355. The summed E-state index contributed by atoms with van der Waals surface area (Å²) in [7, 11) is 1.81. The second kappa shape index (κ2) is 10.2. The molecule has 0 bridgehead atoms. The van der Waals surface area contributed by atoms with E-state index < -0.39 is 18.2 Å². The van der Waals surface area contributed by atoms with Crippen LogP contribution in [0, 0.1) is 52.3 Å². The molecule has 7 heteroatoms. The zero-order chi connectivity index (χ0) is 24.1. The van der Waals surface area contributed by atoms with Crippen molar-refractivity contribution in [2.24, 2.45) is 52.3 Å². The van der Waals surface area contributed by atoms with Crippen LogP contribution in [-0.2, 0) is 9.59 Å². The minimum Gasteiger partial charge on any atom is -0.481 e. The number of carboxylic acid groups (broad SMARTS) is 1. The van der Waals surface area contributed by atoms with Gasteiger partial charge in [-0.25, -0.2) is 0 Å². The van der Waals surface area contributed by atoms with Crippen molar-refractivity contribution in [1.82, 2.24) is 11.5 Å². The van der Waals surface area contributed by atoms with Crippen molar-refractivity contribution in [2.45, 2.75) is 90.8 Å². The van der Waals surface area contributed by atoms with E-state index in [-0.39, 0.29) is 41.0 Å². The molecule has 34 heavy (non-hydrogen) atoms. The maximum Gasteiger partial charge on any atom is 0.303 e. The number of carbonyl (C=O) groups is 2. The third kappa shape index (κ3) is 4.25. The summed E-state index contributed by atoms with van der Waals surface area (Å²) < 4.78 is 0. The number of nitrogens with one attached hydrogen (secondary N) is 1. The van der Waals surface area contributed by atoms with Crippen LogP contribution in [0.4, 0.5) is 0 Å². The first-order valence-corrected chi connectivity index (χ1v) is 13.3. The molecule has 11 atom stereocenters. The van der Waals surface area contributed by atoms with Crippen LogP contribution in [0.15, 0.2) is 0 Å². The zero-order valence-electron chi connectivity index (χ0n) is 21.6. The lowest BCUT2D eigenvalue weighted by atomic mass is 9.41. The number of hydrogen-bond acceptors (Lipinski definition) is 6. The Morgan fingerprint density at radius 3 is 2.35 bits per heavy atom. The maximum atomic E-state index is 13.2. The Hall–Kier alpha value is -1.02. The number of aliphatic carboxylic acids is 1. The molecule has 4 saturated carbocycles. The Morgan fingerprint density at radius 2 is 1.71 bits per heavy atom. The van der Waals surface area contributed by atoms with Gasteiger partial charge in [-0.3, -0.25) is 9.59 Å². The quantitative estimate of drug-likeness (QED) is 0.374. The first kappa shape index (κ1) is 27.6. The van der Waals surface area contributed by atoms with Crippen LogP contribution >= 0.6 is 0 Å². The first-order valence-electron chi connectivity index (χ1n) is 13.3. The topological polar surface area (TPSA) is 142 Å². The SMILES string of the molecule is CNCC(=O)C1C[C@@H](O)C[C@H]2CCC3C(C[C@H](O)[C@@]4(C)C3CC[C@@H]4[C@H](C)CCC(=O)O)[C@@]12C.N. The van der Waals surface area contributed by atoms with Gasteiger partial charge in [0.1, 0.15) is 5.78 Å². The van der Waals surface area contributed by atoms with Crippen LogP contribution in [0.5, 0.6) is 0 Å². The van der Waals surface area contributed by atoms with E-state index in [4.69, 9.17) is 0 Å². The van der Waals surface area contributed by atoms with Gasteiger partial charge in [-0.15, -0.1) is 0 Å². The number of hydrogen-bond donors (Lipinski definition) is 5. The summed E-state index contributed by atoms with van der Waals surface area (Å²) in [4.78, 5) is 24.4. The Balaban J connectivity index is 0.00000324. The van der Waals surface area contributed by atoms with Crippen molar-refractivity contribution in [2.75, 3.05) is 13.6 Å². The summed E-state index contributed by atoms with van der Waals surface area (Å²) in [6, 6.07) is 0. The minimum absolute atomic E-state index is 0. The fourth-order valence-corrected chi connectivity index (χ4v) is 9.59. The van der Waals surface area contributed by atoms with Gasteiger partial charge < -0.3 is 26.8 Å². The van der Waals surface area contributed by atoms with Gasteiger partial charge in [0.05, 0.1) is 18.8 Å². The van der Waals surface area contributed by atoms with Crippen molar-refractivity contribution in [3.05, 3.63) is 0 Å². The minimum atomic E-state index is -0.742. The van der Waals surface area contributed by atoms with E-state index >= 15 is 0 Å². The molecular formula is C27H48N2O5. The second-order valence-electron chi connectivity index (χ2n) is 12.4. The van der Waals surface area contributed by atoms with Crippen LogP contribution in [0.25, 0.3) is 0 Å². The normalized spacial score (nSPS) is 46.4. The largest absolute Gasteiger partial charge is 0.481 e. The molecule has 4 rings (SSSR count). The molecule has 196 valence electrons. The number of Topliss-reactive ketones (excluding diaryl/α,β-unsaturated/α-hetero) is 1. The van der Waals surface area contributed by atoms with Gasteiger partial charge in [0.15, 0.2) is 0 Å². The van der Waals surface area contributed by atoms with Crippen molar-refractivity contribution >= 4 is 11.8 Å². The summed E-state index contributed by atoms with van der Waals surface area (Å²) in [5.74, 6) is 1.49. The summed E-state index contributed by atoms with van der Waals surface area (Å²) in [6.07, 6.45) is 6.40. The summed E-state index contributed by atoms with van der Waals surface area (Å²) >= 11 is 0. The summed E-state index contributed by atoms with van der Waals surface area (Å²) in [6.45, 7) is 7.09. The summed E-state index contributed by atoms with van der Waals surface area (Å²) in [5, 5.41) is 34.5. The van der Waals surface area contributed by atoms with E-state index in [1.807, 2.05) is 0 Å². The number of likely N-dealkylation sites (N-methyl/N-ethyl adjacent to an activating group) is 1. The molecule has 7 N–H and O–H groups in total. The zero-order valence-corrected chi connectivity index (χ0v) is 21.6. The molecule has 0 aromatic heterocycles. The highest BCUT2D eigenvalue weighted by Gasteiger charge is 2.65. The molecule has 0 amide bonds. The molecule has 0 heterocycles. The monoisotopic (exact) mass is 480 g/mol. The number of carboxylic acids is 1. The highest BCUT2D eigenvalue weighted by Crippen LogP contribution is 2.69. The molecule has 4 fully saturated rings. The van der Waals surface area contributed by atoms with Crippen LogP contribution in [-0.4, -0.2) is 52.9 Å². The van der Waals surface area contributed by atoms with Gasteiger partial charge in [-0.2, -0.15) is 0 Å². The molecule has 0 saturated heterocycles. The van der Waals surface area contributed by atoms with Crippen molar-refractivity contribution in [3.8, 4) is 0 Å². The standard InChI is InChI=1S/C27H45NO5.H3N/c1-15(5-10-25(32)33)19-8-9-20-18-7-6-16-11-17(29)12-22(23(30)14-28-4)26(16,2)21(18)13-24(31)27(19,20)3;/h15-22,24,28-29,31H,5-14H2,1-4H3,(H,32,33);1H3/t15-,16-,17+,18?,19-,20?,21?,22?,24+,26+,27-;/m1./s1. The predicted octanol–water partition coefficient (Wildman–Crippen LogP) is 3.65. The highest BCUT2D eigenvalue weighted by atomic mass is 16.4. The lowest BCUT2D eigenvalue weighted by Gasteiger charge is -2.64. The smallest absolute Gasteiger partial charge is 0.303 e. The van der Waals surface area contributed by atoms with Crippen molar-refractivity contribution in [1.29, 1.82) is 0 Å². The molecule has 0 aliphatic heterocycles. The van der Waals surface area contributed by atoms with E-state index in [9.17, 15) is 24.9 Å². The van der Waals surface area contributed by atoms with E-state index in [0.29, 0.717) is 49.0 Å². The Bertz CT molecular complexity index is 761. The van der Waals surface area contributed by atoms with Crippen LogP contribution in [0.1, 0.15) is 78.6 Å². The van der Waals surface area contributed by atoms with Gasteiger partial charge in [-0.05, 0) is 105 Å². The predicted molar refractivity (Wildman–Crippen MR) is 131 cm³/mol. The number of fused-ring (bicyclic) bond motifs is 5. The average Bonchev–Trinajstić information content (AvgIpc) is 3.12. The Morgan fingerprint density at radius 1 is 1.00 bits per heavy atom. The van der Waals surface area contributed by atoms with Gasteiger partial charge in [0.25, 0.3) is 0 Å². The van der Waals surface area contributed by atoms with Gasteiger partial charge in [0, 0.05) is 12.3 Å². The molecule has 0 radical (unpaired) electrons. The van der Waals surface area contributed by atoms with Gasteiger partial charge in [0.2, 0.25) is 0 Å². The van der Waals surface area contributed by atoms with E-state index in [1.54, 1.807) is 7.05 Å². The van der Waals surface area contributed by atoms with E-state index in [1.165, 1.54) is 0 Å². The van der Waals surface area contributed by atoms with Crippen LogP contribution in [0.3, 0.4) is 0 Å². The molecule has 4 aliphatic rings. The molecule has 0 spiro atoms. The molecule has 4 unspecified atom stereocenters. The third-order valence-electron chi connectivity index (χ3n) is 11.2. The first-order chi connectivity index (χ1) is 15.5. The van der Waals surface area contributed by atoms with Gasteiger partial charge >= 0.3 is 5.97 Å². The van der Waals surface area contributed by atoms with Crippen molar-refractivity contribution < 1.29 is 24.9 Å². The Labute approximate surface area is 205 Å². The fourth-order valence-electron chi connectivity index (χ4n) is 9.59. The molecular weight excluding hydrogens is 432 g/mol. The van der Waals surface area contributed by atoms with Crippen LogP contribution in [0.2, 0.25) is 0 Å². The third-order valence-corrected chi connectivity index (χ3v) is 11.2. The average molecular weight is 481 g/mol. The van der Waals surface area contributed by atoms with E-state index in [2.05, 4.69) is 26.1 Å². The molecule has 4 aliphatic carbocycles. The molecule has 7 nitrogen and oxygen atoms in total. The second-order valence-corrected chi connectivity index (χ2v) is 12.4. The van der Waals surface area contributed by atoms with Crippen molar-refractivity contribution in [3.63, 3.8) is 0 Å². The number of aliphatic hydroxyl groups excluding tert-OH is 2.